The highest BCUT2D eigenvalue weighted by Gasteiger charge is 2.11. The van der Waals surface area contributed by atoms with Crippen molar-refractivity contribution < 1.29 is 9.84 Å². The summed E-state index contributed by atoms with van der Waals surface area (Å²) in [5.41, 5.74) is 5.77. The Morgan fingerprint density at radius 3 is 2.71 bits per heavy atom. The normalized spacial score (nSPS) is 10.8. The second-order valence-corrected chi connectivity index (χ2v) is 2.34. The fourth-order valence-corrected chi connectivity index (χ4v) is 0.937. The van der Waals surface area contributed by atoms with Crippen molar-refractivity contribution in [3.05, 3.63) is 24.0 Å². The molecule has 0 saturated carbocycles. The van der Waals surface area contributed by atoms with Crippen LogP contribution in [0.1, 0.15) is 11.8 Å². The lowest BCUT2D eigenvalue weighted by Gasteiger charge is -2.10. The van der Waals surface area contributed by atoms with Crippen LogP contribution in [-0.4, -0.2) is 23.7 Å². The van der Waals surface area contributed by atoms with E-state index in [1.165, 1.54) is 7.11 Å². The summed E-state index contributed by atoms with van der Waals surface area (Å²) < 4.78 is 4.99. The quantitative estimate of drug-likeness (QED) is 0.825. The van der Waals surface area contributed by atoms with Crippen LogP contribution in [0.25, 0.3) is 0 Å². The van der Waals surface area contributed by atoms with E-state index >= 15 is 0 Å². The summed E-state index contributed by atoms with van der Waals surface area (Å²) in [5.74, 6) is 0.565. The van der Waals surface area contributed by atoms with Gasteiger partial charge in [-0.15, -0.1) is 24.8 Å². The maximum absolute atomic E-state index is 9.37. The molecule has 0 radical (unpaired) electrons. The number of methoxy groups -OCH3 is 1. The number of rotatable bonds is 3. The summed E-state index contributed by atoms with van der Waals surface area (Å²) in [5, 5.41) is 9.37. The van der Waals surface area contributed by atoms with Crippen LogP contribution in [0.4, 0.5) is 0 Å². The van der Waals surface area contributed by atoms with Crippen LogP contribution < -0.4 is 10.5 Å². The zero-order chi connectivity index (χ0) is 8.97. The van der Waals surface area contributed by atoms with E-state index in [0.29, 0.717) is 11.4 Å². The monoisotopic (exact) mass is 240 g/mol. The second-order valence-electron chi connectivity index (χ2n) is 2.34. The average molecular weight is 241 g/mol. The number of ether oxygens (including phenoxy) is 1. The number of pyridine rings is 1. The van der Waals surface area contributed by atoms with Gasteiger partial charge in [-0.25, -0.2) is 0 Å². The minimum atomic E-state index is -0.749. The topological polar surface area (TPSA) is 68.4 Å². The van der Waals surface area contributed by atoms with Gasteiger partial charge in [0.1, 0.15) is 17.5 Å². The van der Waals surface area contributed by atoms with Crippen LogP contribution in [0.3, 0.4) is 0 Å². The molecule has 4 nitrogen and oxygen atoms in total. The van der Waals surface area contributed by atoms with Gasteiger partial charge in [0.2, 0.25) is 0 Å². The molecule has 0 amide bonds. The summed E-state index contributed by atoms with van der Waals surface area (Å²) >= 11 is 0. The first-order valence-electron chi connectivity index (χ1n) is 3.66. The molecule has 0 aliphatic rings. The molecule has 1 aromatic heterocycles. The van der Waals surface area contributed by atoms with Crippen molar-refractivity contribution in [3.63, 3.8) is 0 Å². The van der Waals surface area contributed by atoms with Crippen molar-refractivity contribution in [2.24, 2.45) is 5.73 Å². The first-order valence-corrected chi connectivity index (χ1v) is 3.66. The molecule has 0 bridgehead atoms. The molecule has 0 aliphatic carbocycles. The molecule has 1 aromatic rings. The molecule has 14 heavy (non-hydrogen) atoms. The van der Waals surface area contributed by atoms with Crippen LogP contribution in [0, 0.1) is 0 Å². The third-order valence-electron chi connectivity index (χ3n) is 1.56. The van der Waals surface area contributed by atoms with Gasteiger partial charge in [-0.05, 0) is 12.1 Å². The molecule has 1 heterocycles. The Kier molecular flexibility index (Phi) is 8.88. The molecule has 0 spiro atoms. The lowest BCUT2D eigenvalue weighted by molar-refractivity contribution is 0.177. The van der Waals surface area contributed by atoms with Gasteiger partial charge < -0.3 is 15.6 Å². The molecule has 1 unspecified atom stereocenters. The summed E-state index contributed by atoms with van der Waals surface area (Å²) in [6.07, 6.45) is 0.845. The molecular weight excluding hydrogens is 227 g/mol. The van der Waals surface area contributed by atoms with Crippen molar-refractivity contribution in [3.8, 4) is 5.75 Å². The zero-order valence-electron chi connectivity index (χ0n) is 7.71. The van der Waals surface area contributed by atoms with Crippen molar-refractivity contribution in [1.82, 2.24) is 4.98 Å². The molecular formula is C8H14Cl2N2O2. The summed E-state index contributed by atoms with van der Waals surface area (Å²) in [6, 6.07) is 3.48. The number of nitrogens with two attached hydrogens (primary N) is 1. The van der Waals surface area contributed by atoms with E-state index < -0.39 is 6.10 Å². The van der Waals surface area contributed by atoms with Gasteiger partial charge in [0, 0.05) is 12.7 Å². The highest BCUT2D eigenvalue weighted by atomic mass is 35.5. The largest absolute Gasteiger partial charge is 0.495 e. The number of aliphatic hydroxyl groups is 1. The third kappa shape index (κ3) is 3.67. The van der Waals surface area contributed by atoms with E-state index in [1.54, 1.807) is 18.3 Å². The van der Waals surface area contributed by atoms with Crippen LogP contribution in [0.2, 0.25) is 0 Å². The predicted molar refractivity (Wildman–Crippen MR) is 59.3 cm³/mol. The summed E-state index contributed by atoms with van der Waals surface area (Å²) in [7, 11) is 1.53. The first kappa shape index (κ1) is 15.9. The number of halogens is 2. The SMILES string of the molecule is COc1cccnc1C(O)CN.Cl.Cl. The van der Waals surface area contributed by atoms with E-state index in [1.807, 2.05) is 0 Å². The van der Waals surface area contributed by atoms with Gasteiger partial charge in [0.15, 0.2) is 0 Å². The molecule has 0 saturated heterocycles. The first-order chi connectivity index (χ1) is 5.79. The Bertz CT molecular complexity index is 261. The van der Waals surface area contributed by atoms with E-state index in [9.17, 15) is 5.11 Å². The van der Waals surface area contributed by atoms with Crippen LogP contribution in [0.15, 0.2) is 18.3 Å². The standard InChI is InChI=1S/C8H12N2O2.2ClH/c1-12-7-3-2-4-10-8(7)6(11)5-9;;/h2-4,6,11H,5,9H2,1H3;2*1H. The van der Waals surface area contributed by atoms with Gasteiger partial charge in [0.05, 0.1) is 7.11 Å². The molecule has 1 atom stereocenters. The van der Waals surface area contributed by atoms with Crippen LogP contribution >= 0.6 is 24.8 Å². The molecule has 1 rings (SSSR count). The Hall–Kier alpha value is -0.550. The Labute approximate surface area is 95.3 Å². The fraction of sp³-hybridized carbons (Fsp3) is 0.375. The number of aliphatic hydroxyl groups excluding tert-OH is 1. The van der Waals surface area contributed by atoms with E-state index in [0.717, 1.165) is 0 Å². The summed E-state index contributed by atoms with van der Waals surface area (Å²) in [6.45, 7) is 0.146. The zero-order valence-corrected chi connectivity index (χ0v) is 9.35. The maximum atomic E-state index is 9.37. The molecule has 6 heteroatoms. The Morgan fingerprint density at radius 2 is 2.21 bits per heavy atom. The number of nitrogens with zero attached hydrogens (tertiary/aromatic N) is 1. The van der Waals surface area contributed by atoms with E-state index in [4.69, 9.17) is 10.5 Å². The molecule has 0 fully saturated rings. The Morgan fingerprint density at radius 1 is 1.57 bits per heavy atom. The summed E-state index contributed by atoms with van der Waals surface area (Å²) in [4.78, 5) is 3.97. The van der Waals surface area contributed by atoms with Gasteiger partial charge in [-0.2, -0.15) is 0 Å². The van der Waals surface area contributed by atoms with E-state index in [-0.39, 0.29) is 31.4 Å². The van der Waals surface area contributed by atoms with Gasteiger partial charge in [0.25, 0.3) is 0 Å². The van der Waals surface area contributed by atoms with Crippen molar-refractivity contribution in [1.29, 1.82) is 0 Å². The number of hydrogen-bond acceptors (Lipinski definition) is 4. The van der Waals surface area contributed by atoms with Crippen molar-refractivity contribution in [2.75, 3.05) is 13.7 Å². The average Bonchev–Trinajstić information content (AvgIpc) is 2.16. The third-order valence-corrected chi connectivity index (χ3v) is 1.56. The van der Waals surface area contributed by atoms with Crippen molar-refractivity contribution in [2.45, 2.75) is 6.10 Å². The van der Waals surface area contributed by atoms with Gasteiger partial charge >= 0.3 is 0 Å². The lowest BCUT2D eigenvalue weighted by atomic mass is 10.2. The van der Waals surface area contributed by atoms with Gasteiger partial charge in [-0.1, -0.05) is 0 Å². The molecule has 0 aliphatic heterocycles. The number of hydrogen-bond donors (Lipinski definition) is 2. The fourth-order valence-electron chi connectivity index (χ4n) is 0.937. The van der Waals surface area contributed by atoms with Gasteiger partial charge in [-0.3, -0.25) is 4.98 Å². The van der Waals surface area contributed by atoms with E-state index in [2.05, 4.69) is 4.98 Å². The molecule has 3 N–H and O–H groups in total. The smallest absolute Gasteiger partial charge is 0.143 e. The highest BCUT2D eigenvalue weighted by molar-refractivity contribution is 5.85. The van der Waals surface area contributed by atoms with Crippen LogP contribution in [-0.2, 0) is 0 Å². The minimum Gasteiger partial charge on any atom is -0.495 e. The molecule has 0 aromatic carbocycles. The minimum absolute atomic E-state index is 0. The van der Waals surface area contributed by atoms with Crippen molar-refractivity contribution >= 4 is 24.8 Å². The van der Waals surface area contributed by atoms with Crippen LogP contribution in [0.5, 0.6) is 5.75 Å². The lowest BCUT2D eigenvalue weighted by Crippen LogP contribution is -2.13. The Balaban J connectivity index is 0. The molecule has 82 valence electrons. The highest BCUT2D eigenvalue weighted by Crippen LogP contribution is 2.20. The number of aromatic nitrogens is 1. The predicted octanol–water partition coefficient (Wildman–Crippen LogP) is 0.926. The maximum Gasteiger partial charge on any atom is 0.143 e. The second kappa shape index (κ2) is 7.82.